The number of methoxy groups -OCH3 is 1. The summed E-state index contributed by atoms with van der Waals surface area (Å²) in [5.74, 6) is 1.23. The highest BCUT2D eigenvalue weighted by Gasteiger charge is 2.27. The number of hydrogen-bond acceptors (Lipinski definition) is 4. The summed E-state index contributed by atoms with van der Waals surface area (Å²) >= 11 is 0. The van der Waals surface area contributed by atoms with Crippen molar-refractivity contribution in [3.8, 4) is 0 Å². The monoisotopic (exact) mass is 363 g/mol. The van der Waals surface area contributed by atoms with E-state index in [-0.39, 0.29) is 6.10 Å². The molecule has 0 radical (unpaired) electrons. The van der Waals surface area contributed by atoms with Crippen LogP contribution in [0.4, 0.5) is 0 Å². The SMILES string of the molecule is CN=C(NCCOCCOC)NCC1CCCOC1c1ccc(C)cc1. The van der Waals surface area contributed by atoms with Crippen LogP contribution in [-0.4, -0.2) is 59.6 Å². The molecule has 1 fully saturated rings. The molecule has 0 spiro atoms. The Hall–Kier alpha value is -1.63. The third-order valence-electron chi connectivity index (χ3n) is 4.58. The maximum atomic E-state index is 6.09. The quantitative estimate of drug-likeness (QED) is 0.400. The molecule has 2 N–H and O–H groups in total. The van der Waals surface area contributed by atoms with E-state index in [2.05, 4.69) is 46.8 Å². The highest BCUT2D eigenvalue weighted by atomic mass is 16.5. The fourth-order valence-electron chi connectivity index (χ4n) is 3.11. The molecule has 1 aromatic carbocycles. The zero-order valence-corrected chi connectivity index (χ0v) is 16.3. The van der Waals surface area contributed by atoms with E-state index in [9.17, 15) is 0 Å². The number of ether oxygens (including phenoxy) is 3. The molecule has 2 rings (SSSR count). The van der Waals surface area contributed by atoms with Gasteiger partial charge in [-0.3, -0.25) is 4.99 Å². The summed E-state index contributed by atoms with van der Waals surface area (Å²) in [5, 5.41) is 6.71. The molecule has 1 aliphatic rings. The summed E-state index contributed by atoms with van der Waals surface area (Å²) in [5.41, 5.74) is 2.54. The lowest BCUT2D eigenvalue weighted by atomic mass is 9.89. The van der Waals surface area contributed by atoms with E-state index in [0.717, 1.165) is 32.0 Å². The Morgan fingerprint density at radius 2 is 2.00 bits per heavy atom. The first-order valence-corrected chi connectivity index (χ1v) is 9.44. The molecule has 6 nitrogen and oxygen atoms in total. The Morgan fingerprint density at radius 1 is 1.19 bits per heavy atom. The molecule has 1 saturated heterocycles. The van der Waals surface area contributed by atoms with Crippen molar-refractivity contribution in [3.63, 3.8) is 0 Å². The lowest BCUT2D eigenvalue weighted by molar-refractivity contribution is -0.0265. The van der Waals surface area contributed by atoms with Crippen molar-refractivity contribution in [1.82, 2.24) is 10.6 Å². The van der Waals surface area contributed by atoms with Crippen LogP contribution >= 0.6 is 0 Å². The normalized spacial score (nSPS) is 20.8. The second kappa shape index (κ2) is 11.9. The maximum absolute atomic E-state index is 6.09. The molecule has 146 valence electrons. The number of nitrogens with one attached hydrogen (secondary N) is 2. The molecule has 2 atom stereocenters. The van der Waals surface area contributed by atoms with Crippen LogP contribution in [0.1, 0.15) is 30.1 Å². The minimum Gasteiger partial charge on any atom is -0.382 e. The standard InChI is InChI=1S/C20H33N3O3/c1-16-6-8-17(9-7-16)19-18(5-4-11-26-19)15-23-20(21-2)22-10-12-25-14-13-24-3/h6-9,18-19H,4-5,10-15H2,1-3H3,(H2,21,22,23). The highest BCUT2D eigenvalue weighted by molar-refractivity contribution is 5.79. The summed E-state index contributed by atoms with van der Waals surface area (Å²) in [6.07, 6.45) is 2.41. The molecule has 1 aromatic rings. The molecular weight excluding hydrogens is 330 g/mol. The Labute approximate surface area is 157 Å². The van der Waals surface area contributed by atoms with Crippen LogP contribution < -0.4 is 10.6 Å². The van der Waals surface area contributed by atoms with E-state index in [0.29, 0.717) is 32.3 Å². The minimum absolute atomic E-state index is 0.146. The second-order valence-corrected chi connectivity index (χ2v) is 6.59. The first-order chi connectivity index (χ1) is 12.7. The fourth-order valence-corrected chi connectivity index (χ4v) is 3.11. The van der Waals surface area contributed by atoms with Gasteiger partial charge in [0.1, 0.15) is 0 Å². The Balaban J connectivity index is 1.78. The summed E-state index contributed by atoms with van der Waals surface area (Å²) in [7, 11) is 3.46. The largest absolute Gasteiger partial charge is 0.382 e. The molecule has 0 amide bonds. The van der Waals surface area contributed by atoms with Gasteiger partial charge in [-0.05, 0) is 25.3 Å². The molecule has 0 aliphatic carbocycles. The van der Waals surface area contributed by atoms with Gasteiger partial charge in [-0.15, -0.1) is 0 Å². The zero-order valence-electron chi connectivity index (χ0n) is 16.3. The van der Waals surface area contributed by atoms with Crippen LogP contribution in [0.25, 0.3) is 0 Å². The van der Waals surface area contributed by atoms with E-state index in [1.807, 2.05) is 0 Å². The van der Waals surface area contributed by atoms with Crippen LogP contribution in [0.5, 0.6) is 0 Å². The van der Waals surface area contributed by atoms with Crippen LogP contribution in [0.2, 0.25) is 0 Å². The Bertz CT molecular complexity index is 534. The van der Waals surface area contributed by atoms with Crippen molar-refractivity contribution in [3.05, 3.63) is 35.4 Å². The van der Waals surface area contributed by atoms with Crippen molar-refractivity contribution in [2.45, 2.75) is 25.9 Å². The molecule has 6 heteroatoms. The number of aliphatic imine (C=N–C) groups is 1. The average Bonchev–Trinajstić information content (AvgIpc) is 2.68. The van der Waals surface area contributed by atoms with Crippen LogP contribution in [0.3, 0.4) is 0 Å². The predicted molar refractivity (Wildman–Crippen MR) is 105 cm³/mol. The van der Waals surface area contributed by atoms with Gasteiger partial charge in [-0.1, -0.05) is 29.8 Å². The van der Waals surface area contributed by atoms with Gasteiger partial charge in [0, 0.05) is 39.8 Å². The van der Waals surface area contributed by atoms with E-state index in [4.69, 9.17) is 14.2 Å². The van der Waals surface area contributed by atoms with Crippen LogP contribution in [0.15, 0.2) is 29.3 Å². The summed E-state index contributed by atoms with van der Waals surface area (Å²) < 4.78 is 16.5. The van der Waals surface area contributed by atoms with Crippen LogP contribution in [-0.2, 0) is 14.2 Å². The molecule has 0 aromatic heterocycles. The van der Waals surface area contributed by atoms with E-state index < -0.39 is 0 Å². The maximum Gasteiger partial charge on any atom is 0.191 e. The van der Waals surface area contributed by atoms with Crippen molar-refractivity contribution in [2.24, 2.45) is 10.9 Å². The van der Waals surface area contributed by atoms with E-state index in [1.54, 1.807) is 14.2 Å². The number of nitrogens with zero attached hydrogens (tertiary/aromatic N) is 1. The zero-order chi connectivity index (χ0) is 18.6. The Kier molecular flexibility index (Phi) is 9.45. The number of benzene rings is 1. The molecule has 2 unspecified atom stereocenters. The first-order valence-electron chi connectivity index (χ1n) is 9.44. The minimum atomic E-state index is 0.146. The summed E-state index contributed by atoms with van der Waals surface area (Å²) in [6, 6.07) is 8.68. The average molecular weight is 364 g/mol. The predicted octanol–water partition coefficient (Wildman–Crippen LogP) is 2.29. The van der Waals surface area contributed by atoms with E-state index >= 15 is 0 Å². The fraction of sp³-hybridized carbons (Fsp3) is 0.650. The van der Waals surface area contributed by atoms with Crippen LogP contribution in [0, 0.1) is 12.8 Å². The smallest absolute Gasteiger partial charge is 0.191 e. The summed E-state index contributed by atoms with van der Waals surface area (Å²) in [4.78, 5) is 4.29. The second-order valence-electron chi connectivity index (χ2n) is 6.59. The van der Waals surface area contributed by atoms with Gasteiger partial charge in [0.05, 0.1) is 25.9 Å². The first kappa shape index (κ1) is 20.7. The number of hydrogen-bond donors (Lipinski definition) is 2. The number of rotatable bonds is 9. The van der Waals surface area contributed by atoms with Gasteiger partial charge in [-0.2, -0.15) is 0 Å². The molecular formula is C20H33N3O3. The van der Waals surface area contributed by atoms with Gasteiger partial charge in [0.15, 0.2) is 5.96 Å². The molecule has 0 bridgehead atoms. The molecule has 1 aliphatic heterocycles. The van der Waals surface area contributed by atoms with Gasteiger partial charge in [-0.25, -0.2) is 0 Å². The number of aryl methyl sites for hydroxylation is 1. The van der Waals surface area contributed by atoms with Gasteiger partial charge in [0.25, 0.3) is 0 Å². The molecule has 26 heavy (non-hydrogen) atoms. The van der Waals surface area contributed by atoms with Crippen molar-refractivity contribution in [2.75, 3.05) is 53.7 Å². The van der Waals surface area contributed by atoms with Gasteiger partial charge < -0.3 is 24.8 Å². The van der Waals surface area contributed by atoms with Crippen molar-refractivity contribution >= 4 is 5.96 Å². The topological polar surface area (TPSA) is 64.1 Å². The number of guanidine groups is 1. The lowest BCUT2D eigenvalue weighted by Gasteiger charge is -2.32. The van der Waals surface area contributed by atoms with Gasteiger partial charge >= 0.3 is 0 Å². The van der Waals surface area contributed by atoms with Crippen molar-refractivity contribution < 1.29 is 14.2 Å². The highest BCUT2D eigenvalue weighted by Crippen LogP contribution is 2.33. The van der Waals surface area contributed by atoms with Crippen molar-refractivity contribution in [1.29, 1.82) is 0 Å². The van der Waals surface area contributed by atoms with Gasteiger partial charge in [0.2, 0.25) is 0 Å². The summed E-state index contributed by atoms with van der Waals surface area (Å²) in [6.45, 7) is 6.36. The molecule has 0 saturated carbocycles. The van der Waals surface area contributed by atoms with E-state index in [1.165, 1.54) is 11.1 Å². The Morgan fingerprint density at radius 3 is 2.73 bits per heavy atom. The lowest BCUT2D eigenvalue weighted by Crippen LogP contribution is -2.43. The third-order valence-corrected chi connectivity index (χ3v) is 4.58. The molecule has 1 heterocycles. The third kappa shape index (κ3) is 6.94.